The van der Waals surface area contributed by atoms with E-state index >= 15 is 0 Å². The van der Waals surface area contributed by atoms with Crippen LogP contribution in [0.1, 0.15) is 36.5 Å². The van der Waals surface area contributed by atoms with Gasteiger partial charge in [-0.15, -0.1) is 0 Å². The van der Waals surface area contributed by atoms with Gasteiger partial charge in [-0.25, -0.2) is 0 Å². The van der Waals surface area contributed by atoms with Crippen molar-refractivity contribution in [1.29, 1.82) is 0 Å². The van der Waals surface area contributed by atoms with Crippen molar-refractivity contribution in [3.8, 4) is 11.5 Å². The zero-order valence-electron chi connectivity index (χ0n) is 19.3. The minimum atomic E-state index is -0.498. The van der Waals surface area contributed by atoms with Crippen LogP contribution >= 0.6 is 11.8 Å². The van der Waals surface area contributed by atoms with Crippen LogP contribution in [0.3, 0.4) is 0 Å². The molecule has 0 aliphatic carbocycles. The van der Waals surface area contributed by atoms with Gasteiger partial charge in [0.2, 0.25) is 5.91 Å². The van der Waals surface area contributed by atoms with E-state index in [1.54, 1.807) is 37.5 Å². The van der Waals surface area contributed by atoms with Gasteiger partial charge in [-0.2, -0.15) is 0 Å². The van der Waals surface area contributed by atoms with E-state index < -0.39 is 17.1 Å². The van der Waals surface area contributed by atoms with Gasteiger partial charge in [-0.3, -0.25) is 19.3 Å². The van der Waals surface area contributed by atoms with E-state index in [9.17, 15) is 14.4 Å². The van der Waals surface area contributed by atoms with E-state index in [0.29, 0.717) is 29.4 Å². The van der Waals surface area contributed by atoms with Crippen LogP contribution in [0.5, 0.6) is 11.5 Å². The molecule has 0 saturated carbocycles. The van der Waals surface area contributed by atoms with E-state index in [4.69, 9.17) is 9.47 Å². The second-order valence-corrected chi connectivity index (χ2v) is 8.72. The molecule has 174 valence electrons. The molecule has 1 aliphatic heterocycles. The van der Waals surface area contributed by atoms with E-state index in [2.05, 4.69) is 12.2 Å². The Morgan fingerprint density at radius 3 is 2.58 bits per heavy atom. The third-order valence-electron chi connectivity index (χ3n) is 5.21. The molecule has 1 N–H and O–H groups in total. The Kier molecular flexibility index (Phi) is 8.16. The molecular formula is C25H28N2O5S. The van der Waals surface area contributed by atoms with Gasteiger partial charge in [0.05, 0.1) is 18.6 Å². The largest absolute Gasteiger partial charge is 0.493 e. The molecule has 0 unspecified atom stereocenters. The minimum absolute atomic E-state index is 0.251. The smallest absolute Gasteiger partial charge is 0.294 e. The van der Waals surface area contributed by atoms with Crippen LogP contribution < -0.4 is 14.8 Å². The summed E-state index contributed by atoms with van der Waals surface area (Å²) in [6.07, 6.45) is 3.58. The highest BCUT2D eigenvalue weighted by molar-refractivity contribution is 8.18. The number of hydrogen-bond acceptors (Lipinski definition) is 6. The second-order valence-electron chi connectivity index (χ2n) is 7.73. The Bertz CT molecular complexity index is 1100. The molecule has 0 atom stereocenters. The van der Waals surface area contributed by atoms with E-state index in [1.807, 2.05) is 26.0 Å². The monoisotopic (exact) mass is 468 g/mol. The summed E-state index contributed by atoms with van der Waals surface area (Å²) in [5, 5.41) is 2.26. The van der Waals surface area contributed by atoms with Crippen molar-refractivity contribution in [2.24, 2.45) is 0 Å². The molecule has 0 spiro atoms. The fourth-order valence-electron chi connectivity index (χ4n) is 3.17. The standard InChI is InChI=1S/C25H28N2O5S/c1-5-6-11-32-20-10-8-18(13-21(20)31-4)14-22-24(29)27(25(30)33-22)15-23(28)26-19-9-7-16(2)17(3)12-19/h7-10,12-14H,5-6,11,15H2,1-4H3,(H,26,28)/b22-14-. The number of imide groups is 1. The number of unbranched alkanes of at least 4 members (excludes halogenated alkanes) is 1. The number of anilines is 1. The van der Waals surface area contributed by atoms with Gasteiger partial charge in [0.25, 0.3) is 11.1 Å². The molecule has 1 aliphatic rings. The first-order valence-corrected chi connectivity index (χ1v) is 11.6. The summed E-state index contributed by atoms with van der Waals surface area (Å²) in [7, 11) is 1.55. The predicted molar refractivity (Wildman–Crippen MR) is 131 cm³/mol. The van der Waals surface area contributed by atoms with Gasteiger partial charge in [-0.05, 0) is 79.1 Å². The molecule has 2 aromatic carbocycles. The Morgan fingerprint density at radius 2 is 1.88 bits per heavy atom. The Labute approximate surface area is 198 Å². The van der Waals surface area contributed by atoms with E-state index in [1.165, 1.54) is 0 Å². The quantitative estimate of drug-likeness (QED) is 0.404. The molecule has 0 radical (unpaired) electrons. The predicted octanol–water partition coefficient (Wildman–Crippen LogP) is 5.17. The number of amides is 3. The van der Waals surface area contributed by atoms with Gasteiger partial charge >= 0.3 is 0 Å². The van der Waals surface area contributed by atoms with Crippen molar-refractivity contribution in [3.63, 3.8) is 0 Å². The lowest BCUT2D eigenvalue weighted by molar-refractivity contribution is -0.127. The number of hydrogen-bond donors (Lipinski definition) is 1. The first kappa shape index (κ1) is 24.4. The van der Waals surface area contributed by atoms with E-state index in [-0.39, 0.29) is 11.4 Å². The number of nitrogens with zero attached hydrogens (tertiary/aromatic N) is 1. The van der Waals surface area contributed by atoms with Crippen LogP contribution in [0.2, 0.25) is 0 Å². The molecule has 3 amide bonds. The molecular weight excluding hydrogens is 440 g/mol. The van der Waals surface area contributed by atoms with Gasteiger partial charge in [0.1, 0.15) is 6.54 Å². The van der Waals surface area contributed by atoms with Gasteiger partial charge in [0, 0.05) is 5.69 Å². The summed E-state index contributed by atoms with van der Waals surface area (Å²) in [4.78, 5) is 38.8. The second kappa shape index (κ2) is 11.0. The van der Waals surface area contributed by atoms with Crippen LogP contribution in [-0.4, -0.2) is 42.2 Å². The van der Waals surface area contributed by atoms with Crippen molar-refractivity contribution in [2.45, 2.75) is 33.6 Å². The first-order chi connectivity index (χ1) is 15.8. The molecule has 2 aromatic rings. The maximum absolute atomic E-state index is 12.8. The third kappa shape index (κ3) is 6.16. The van der Waals surface area contributed by atoms with Gasteiger partial charge < -0.3 is 14.8 Å². The van der Waals surface area contributed by atoms with Crippen molar-refractivity contribution in [3.05, 3.63) is 58.0 Å². The molecule has 33 heavy (non-hydrogen) atoms. The molecule has 1 saturated heterocycles. The fourth-order valence-corrected chi connectivity index (χ4v) is 4.01. The van der Waals surface area contributed by atoms with Gasteiger partial charge in [0.15, 0.2) is 11.5 Å². The Balaban J connectivity index is 1.68. The van der Waals surface area contributed by atoms with Gasteiger partial charge in [-0.1, -0.05) is 25.5 Å². The lowest BCUT2D eigenvalue weighted by Crippen LogP contribution is -2.36. The zero-order valence-corrected chi connectivity index (χ0v) is 20.1. The molecule has 1 heterocycles. The number of carbonyl (C=O) groups is 3. The third-order valence-corrected chi connectivity index (χ3v) is 6.11. The number of nitrogens with one attached hydrogen (secondary N) is 1. The zero-order chi connectivity index (χ0) is 24.0. The average Bonchev–Trinajstić information content (AvgIpc) is 3.04. The molecule has 0 bridgehead atoms. The topological polar surface area (TPSA) is 84.9 Å². The normalized spacial score (nSPS) is 14.7. The number of thioether (sulfide) groups is 1. The van der Waals surface area contributed by atoms with Crippen LogP contribution in [0.4, 0.5) is 10.5 Å². The number of rotatable bonds is 9. The number of carbonyl (C=O) groups excluding carboxylic acids is 3. The fraction of sp³-hybridized carbons (Fsp3) is 0.320. The number of benzene rings is 2. The van der Waals surface area contributed by atoms with E-state index in [0.717, 1.165) is 40.6 Å². The summed E-state index contributed by atoms with van der Waals surface area (Å²) in [5.74, 6) is 0.241. The van der Waals surface area contributed by atoms with Crippen LogP contribution in [-0.2, 0) is 9.59 Å². The summed E-state index contributed by atoms with van der Waals surface area (Å²) < 4.78 is 11.1. The average molecular weight is 469 g/mol. The molecule has 3 rings (SSSR count). The van der Waals surface area contributed by atoms with Crippen LogP contribution in [0.25, 0.3) is 6.08 Å². The summed E-state index contributed by atoms with van der Waals surface area (Å²) >= 11 is 0.810. The van der Waals surface area contributed by atoms with Crippen molar-refractivity contribution >= 4 is 40.6 Å². The minimum Gasteiger partial charge on any atom is -0.493 e. The molecule has 8 heteroatoms. The molecule has 7 nitrogen and oxygen atoms in total. The molecule has 1 fully saturated rings. The van der Waals surface area contributed by atoms with Crippen LogP contribution in [0, 0.1) is 13.8 Å². The molecule has 0 aromatic heterocycles. The van der Waals surface area contributed by atoms with Crippen LogP contribution in [0.15, 0.2) is 41.3 Å². The number of aryl methyl sites for hydroxylation is 2. The first-order valence-electron chi connectivity index (χ1n) is 10.8. The Morgan fingerprint density at radius 1 is 1.09 bits per heavy atom. The highest BCUT2D eigenvalue weighted by atomic mass is 32.2. The Hall–Kier alpha value is -3.26. The number of methoxy groups -OCH3 is 1. The highest BCUT2D eigenvalue weighted by Crippen LogP contribution is 2.34. The lowest BCUT2D eigenvalue weighted by Gasteiger charge is -2.13. The van der Waals surface area contributed by atoms with Crippen molar-refractivity contribution in [1.82, 2.24) is 4.90 Å². The maximum atomic E-state index is 12.8. The van der Waals surface area contributed by atoms with Crippen molar-refractivity contribution < 1.29 is 23.9 Å². The lowest BCUT2D eigenvalue weighted by atomic mass is 10.1. The maximum Gasteiger partial charge on any atom is 0.294 e. The number of ether oxygens (including phenoxy) is 2. The van der Waals surface area contributed by atoms with Crippen molar-refractivity contribution in [2.75, 3.05) is 25.6 Å². The SMILES string of the molecule is CCCCOc1ccc(/C=C2\SC(=O)N(CC(=O)Nc3ccc(C)c(C)c3)C2=O)cc1OC. The summed E-state index contributed by atoms with van der Waals surface area (Å²) in [6, 6.07) is 10.9. The summed E-state index contributed by atoms with van der Waals surface area (Å²) in [6.45, 7) is 6.27. The summed E-state index contributed by atoms with van der Waals surface area (Å²) in [5.41, 5.74) is 3.47. The highest BCUT2D eigenvalue weighted by Gasteiger charge is 2.36.